The number of anilines is 1. The van der Waals surface area contributed by atoms with Gasteiger partial charge in [-0.15, -0.1) is 16.8 Å². The van der Waals surface area contributed by atoms with Crippen molar-refractivity contribution in [1.82, 2.24) is 20.1 Å². The molecule has 0 unspecified atom stereocenters. The van der Waals surface area contributed by atoms with Crippen molar-refractivity contribution in [3.8, 4) is 5.75 Å². The molecule has 2 amide bonds. The van der Waals surface area contributed by atoms with Crippen molar-refractivity contribution >= 4 is 29.3 Å². The largest absolute Gasteiger partial charge is 0.497 e. The van der Waals surface area contributed by atoms with Crippen molar-refractivity contribution in [2.24, 2.45) is 0 Å². The number of nitrogens with zero attached hydrogens (tertiary/aromatic N) is 3. The summed E-state index contributed by atoms with van der Waals surface area (Å²) in [6, 6.07) is 12.9. The van der Waals surface area contributed by atoms with E-state index in [1.807, 2.05) is 29.7 Å². The Morgan fingerprint density at radius 3 is 2.63 bits per heavy atom. The first kappa shape index (κ1) is 26.0. The van der Waals surface area contributed by atoms with Gasteiger partial charge in [0.2, 0.25) is 5.91 Å². The number of nitrogens with one attached hydrogen (secondary N) is 2. The van der Waals surface area contributed by atoms with Gasteiger partial charge in [0.15, 0.2) is 5.16 Å². The van der Waals surface area contributed by atoms with Crippen LogP contribution in [0.5, 0.6) is 5.75 Å². The maximum absolute atomic E-state index is 12.6. The monoisotopic (exact) mass is 493 g/mol. The summed E-state index contributed by atoms with van der Waals surface area (Å²) in [6.07, 6.45) is 3.10. The van der Waals surface area contributed by atoms with E-state index in [1.54, 1.807) is 37.5 Å². The van der Waals surface area contributed by atoms with Crippen molar-refractivity contribution in [2.75, 3.05) is 24.7 Å². The van der Waals surface area contributed by atoms with Crippen molar-refractivity contribution in [1.29, 1.82) is 0 Å². The molecule has 0 aliphatic rings. The molecule has 2 aromatic carbocycles. The second-order valence-corrected chi connectivity index (χ2v) is 8.77. The van der Waals surface area contributed by atoms with Crippen LogP contribution in [-0.4, -0.2) is 46.0 Å². The molecule has 9 heteroatoms. The number of allylic oxidation sites excluding steroid dienone is 1. The summed E-state index contributed by atoms with van der Waals surface area (Å²) < 4.78 is 7.03. The highest BCUT2D eigenvalue weighted by Crippen LogP contribution is 2.23. The molecule has 1 aromatic heterocycles. The van der Waals surface area contributed by atoms with Crippen LogP contribution in [0, 0.1) is 6.92 Å². The number of thioether (sulfide) groups is 1. The Kier molecular flexibility index (Phi) is 9.48. The summed E-state index contributed by atoms with van der Waals surface area (Å²) in [5, 5.41) is 15.1. The Balaban J connectivity index is 1.57. The number of aryl methyl sites for hydroxylation is 2. The number of aromatic nitrogens is 3. The quantitative estimate of drug-likeness (QED) is 0.292. The number of methoxy groups -OCH3 is 1. The molecule has 8 nitrogen and oxygen atoms in total. The van der Waals surface area contributed by atoms with Gasteiger partial charge in [0.25, 0.3) is 5.91 Å². The minimum absolute atomic E-state index is 0.0968. The van der Waals surface area contributed by atoms with Gasteiger partial charge in [0.1, 0.15) is 11.6 Å². The van der Waals surface area contributed by atoms with Gasteiger partial charge in [0, 0.05) is 30.8 Å². The summed E-state index contributed by atoms with van der Waals surface area (Å²) in [5.74, 6) is 1.36. The molecule has 1 heterocycles. The van der Waals surface area contributed by atoms with Crippen molar-refractivity contribution in [3.05, 3.63) is 77.6 Å². The average Bonchev–Trinajstić information content (AvgIpc) is 3.25. The lowest BCUT2D eigenvalue weighted by Crippen LogP contribution is -2.26. The van der Waals surface area contributed by atoms with Gasteiger partial charge in [-0.05, 0) is 48.7 Å². The maximum atomic E-state index is 12.6. The fraction of sp³-hybridized carbons (Fsp3) is 0.308. The first-order valence-electron chi connectivity index (χ1n) is 11.4. The van der Waals surface area contributed by atoms with E-state index >= 15 is 0 Å². The van der Waals surface area contributed by atoms with Crippen molar-refractivity contribution in [3.63, 3.8) is 0 Å². The van der Waals surface area contributed by atoms with Crippen LogP contribution in [0.25, 0.3) is 0 Å². The number of hydrogen-bond acceptors (Lipinski definition) is 6. The number of ether oxygens (including phenoxy) is 1. The highest BCUT2D eigenvalue weighted by Gasteiger charge is 2.15. The first-order chi connectivity index (χ1) is 17.0. The van der Waals surface area contributed by atoms with Crippen LogP contribution in [-0.2, 0) is 24.2 Å². The zero-order valence-corrected chi connectivity index (χ0v) is 21.2. The lowest BCUT2D eigenvalue weighted by Gasteiger charge is -2.13. The van der Waals surface area contributed by atoms with Gasteiger partial charge < -0.3 is 19.9 Å². The van der Waals surface area contributed by atoms with E-state index in [0.29, 0.717) is 36.0 Å². The molecule has 0 saturated carbocycles. The molecule has 0 spiro atoms. The Bertz CT molecular complexity index is 1170. The van der Waals surface area contributed by atoms with E-state index in [2.05, 4.69) is 34.3 Å². The summed E-state index contributed by atoms with van der Waals surface area (Å²) >= 11 is 1.32. The highest BCUT2D eigenvalue weighted by molar-refractivity contribution is 7.99. The average molecular weight is 494 g/mol. The first-order valence-corrected chi connectivity index (χ1v) is 12.4. The second kappa shape index (κ2) is 12.8. The van der Waals surface area contributed by atoms with Crippen LogP contribution >= 0.6 is 11.8 Å². The number of benzene rings is 2. The Labute approximate surface area is 210 Å². The van der Waals surface area contributed by atoms with Gasteiger partial charge in [-0.3, -0.25) is 9.59 Å². The van der Waals surface area contributed by atoms with Crippen LogP contribution in [0.3, 0.4) is 0 Å². The standard InChI is InChI=1S/C26H31N5O3S/c1-5-16-31-22(14-15-27-25(33)20-10-12-21(34-4)13-11-20)29-30-26(31)35-17-23(32)28-24-18(3)8-7-9-19(24)6-2/h5,7-13H,1,6,14-17H2,2-4H3,(H,27,33)(H,28,32). The smallest absolute Gasteiger partial charge is 0.251 e. The molecule has 0 bridgehead atoms. The number of para-hydroxylation sites is 1. The lowest BCUT2D eigenvalue weighted by molar-refractivity contribution is -0.113. The molecular weight excluding hydrogens is 462 g/mol. The third kappa shape index (κ3) is 6.95. The van der Waals surface area contributed by atoms with Gasteiger partial charge >= 0.3 is 0 Å². The Morgan fingerprint density at radius 2 is 1.94 bits per heavy atom. The summed E-state index contributed by atoms with van der Waals surface area (Å²) in [7, 11) is 1.58. The third-order valence-electron chi connectivity index (χ3n) is 5.43. The molecule has 0 fully saturated rings. The number of hydrogen-bond donors (Lipinski definition) is 2. The molecular formula is C26H31N5O3S. The minimum Gasteiger partial charge on any atom is -0.497 e. The lowest BCUT2D eigenvalue weighted by atomic mass is 10.1. The second-order valence-electron chi connectivity index (χ2n) is 7.83. The van der Waals surface area contributed by atoms with Gasteiger partial charge in [0.05, 0.1) is 12.9 Å². The summed E-state index contributed by atoms with van der Waals surface area (Å²) in [6.45, 7) is 8.78. The SMILES string of the molecule is C=CCn1c(CCNC(=O)c2ccc(OC)cc2)nnc1SCC(=O)Nc1c(C)cccc1CC. The maximum Gasteiger partial charge on any atom is 0.251 e. The van der Waals surface area contributed by atoms with Crippen LogP contribution in [0.4, 0.5) is 5.69 Å². The van der Waals surface area contributed by atoms with Crippen LogP contribution in [0.1, 0.15) is 34.2 Å². The number of rotatable bonds is 12. The summed E-state index contributed by atoms with van der Waals surface area (Å²) in [5.41, 5.74) is 3.58. The molecule has 35 heavy (non-hydrogen) atoms. The Morgan fingerprint density at radius 1 is 1.17 bits per heavy atom. The predicted molar refractivity (Wildman–Crippen MR) is 139 cm³/mol. The molecule has 0 aliphatic heterocycles. The molecule has 184 valence electrons. The normalized spacial score (nSPS) is 10.6. The highest BCUT2D eigenvalue weighted by atomic mass is 32.2. The zero-order valence-electron chi connectivity index (χ0n) is 20.3. The van der Waals surface area contributed by atoms with E-state index in [9.17, 15) is 9.59 Å². The van der Waals surface area contributed by atoms with E-state index < -0.39 is 0 Å². The topological polar surface area (TPSA) is 98.1 Å². The third-order valence-corrected chi connectivity index (χ3v) is 6.40. The molecule has 0 radical (unpaired) electrons. The van der Waals surface area contributed by atoms with Gasteiger partial charge in [-0.2, -0.15) is 0 Å². The van der Waals surface area contributed by atoms with E-state index in [4.69, 9.17) is 4.74 Å². The van der Waals surface area contributed by atoms with E-state index in [1.165, 1.54) is 11.8 Å². The molecule has 2 N–H and O–H groups in total. The molecule has 0 saturated heterocycles. The predicted octanol–water partition coefficient (Wildman–Crippen LogP) is 4.05. The molecule has 3 aromatic rings. The fourth-order valence-corrected chi connectivity index (χ4v) is 4.33. The van der Waals surface area contributed by atoms with E-state index in [-0.39, 0.29) is 17.6 Å². The van der Waals surface area contributed by atoms with E-state index in [0.717, 1.165) is 29.1 Å². The number of carbonyl (C=O) groups excluding carboxylic acids is 2. The van der Waals surface area contributed by atoms with Crippen molar-refractivity contribution in [2.45, 2.75) is 38.4 Å². The zero-order chi connectivity index (χ0) is 25.2. The minimum atomic E-state index is -0.170. The molecule has 0 aliphatic carbocycles. The van der Waals surface area contributed by atoms with Crippen LogP contribution in [0.15, 0.2) is 60.3 Å². The number of carbonyl (C=O) groups is 2. The van der Waals surface area contributed by atoms with Gasteiger partial charge in [-0.25, -0.2) is 0 Å². The molecule has 0 atom stereocenters. The van der Waals surface area contributed by atoms with Crippen LogP contribution in [0.2, 0.25) is 0 Å². The van der Waals surface area contributed by atoms with Crippen LogP contribution < -0.4 is 15.4 Å². The van der Waals surface area contributed by atoms with Crippen molar-refractivity contribution < 1.29 is 14.3 Å². The number of amides is 2. The fourth-order valence-electron chi connectivity index (χ4n) is 3.56. The Hall–Kier alpha value is -3.59. The summed E-state index contributed by atoms with van der Waals surface area (Å²) in [4.78, 5) is 25.0. The molecule has 3 rings (SSSR count). The van der Waals surface area contributed by atoms with Gasteiger partial charge in [-0.1, -0.05) is 43.0 Å².